The summed E-state index contributed by atoms with van der Waals surface area (Å²) in [5.41, 5.74) is -0.251. The predicted octanol–water partition coefficient (Wildman–Crippen LogP) is -1.24. The summed E-state index contributed by atoms with van der Waals surface area (Å²) in [5.74, 6) is -3.96. The standard InChI is InChI=1S/C16H18ClN5O8S/c1-3-29-9(24)5-30-15(27)12-11(14(26)21-12)20-13(25)10(22-28-2)7-6-31-16(18-7)19-8(23)4-17/h6,11-12H,3-5H2,1-2H3,(H,20,25)(H,21,26)(H,18,19,23)/b22-10-. The number of thiazole rings is 1. The molecule has 0 saturated carbocycles. The van der Waals surface area contributed by atoms with E-state index in [-0.39, 0.29) is 29.0 Å². The Hall–Kier alpha value is -3.26. The van der Waals surface area contributed by atoms with Gasteiger partial charge >= 0.3 is 11.9 Å². The molecule has 168 valence electrons. The number of alkyl halides is 1. The lowest BCUT2D eigenvalue weighted by atomic mass is 9.98. The third-order valence-electron chi connectivity index (χ3n) is 3.60. The van der Waals surface area contributed by atoms with E-state index in [1.807, 2.05) is 0 Å². The van der Waals surface area contributed by atoms with Gasteiger partial charge in [0.05, 0.1) is 6.61 Å². The van der Waals surface area contributed by atoms with Gasteiger partial charge in [0.15, 0.2) is 23.5 Å². The van der Waals surface area contributed by atoms with Crippen molar-refractivity contribution in [2.24, 2.45) is 5.16 Å². The van der Waals surface area contributed by atoms with Gasteiger partial charge < -0.3 is 30.3 Å². The first-order chi connectivity index (χ1) is 14.8. The zero-order valence-electron chi connectivity index (χ0n) is 16.3. The first-order valence-corrected chi connectivity index (χ1v) is 10.1. The van der Waals surface area contributed by atoms with E-state index in [9.17, 15) is 24.0 Å². The van der Waals surface area contributed by atoms with E-state index in [1.54, 1.807) is 6.92 Å². The molecule has 1 aliphatic heterocycles. The first kappa shape index (κ1) is 24.0. The van der Waals surface area contributed by atoms with Crippen molar-refractivity contribution in [2.45, 2.75) is 19.0 Å². The molecule has 3 amide bonds. The van der Waals surface area contributed by atoms with Gasteiger partial charge in [-0.15, -0.1) is 22.9 Å². The van der Waals surface area contributed by atoms with E-state index < -0.39 is 48.4 Å². The minimum atomic E-state index is -1.27. The summed E-state index contributed by atoms with van der Waals surface area (Å²) in [4.78, 5) is 67.8. The highest BCUT2D eigenvalue weighted by Gasteiger charge is 2.47. The van der Waals surface area contributed by atoms with Crippen molar-refractivity contribution in [3.63, 3.8) is 0 Å². The van der Waals surface area contributed by atoms with E-state index >= 15 is 0 Å². The van der Waals surface area contributed by atoms with Gasteiger partial charge in [-0.1, -0.05) is 5.16 Å². The molecule has 1 aromatic heterocycles. The number of nitrogens with one attached hydrogen (secondary N) is 3. The molecule has 15 heteroatoms. The van der Waals surface area contributed by atoms with E-state index in [0.717, 1.165) is 11.3 Å². The summed E-state index contributed by atoms with van der Waals surface area (Å²) in [6.07, 6.45) is 0. The number of rotatable bonds is 10. The van der Waals surface area contributed by atoms with Crippen molar-refractivity contribution in [1.82, 2.24) is 15.6 Å². The molecule has 3 N–H and O–H groups in total. The fraction of sp³-hybridized carbons (Fsp3) is 0.438. The smallest absolute Gasteiger partial charge is 0.344 e. The minimum Gasteiger partial charge on any atom is -0.463 e. The Kier molecular flexibility index (Phi) is 8.69. The maximum absolute atomic E-state index is 12.6. The van der Waals surface area contributed by atoms with Crippen LogP contribution in [-0.4, -0.2) is 78.6 Å². The number of oxime groups is 1. The maximum Gasteiger partial charge on any atom is 0.344 e. The number of β-lactam (4-membered cyclic amide) rings is 1. The van der Waals surface area contributed by atoms with Crippen molar-refractivity contribution in [3.8, 4) is 0 Å². The monoisotopic (exact) mass is 475 g/mol. The topological polar surface area (TPSA) is 174 Å². The van der Waals surface area contributed by atoms with E-state index in [0.29, 0.717) is 0 Å². The zero-order chi connectivity index (χ0) is 23.0. The van der Waals surface area contributed by atoms with Gasteiger partial charge in [0.25, 0.3) is 5.91 Å². The van der Waals surface area contributed by atoms with Crippen LogP contribution in [-0.2, 0) is 38.3 Å². The molecular formula is C16H18ClN5O8S. The van der Waals surface area contributed by atoms with Crippen LogP contribution in [0.5, 0.6) is 0 Å². The van der Waals surface area contributed by atoms with Crippen LogP contribution in [0.25, 0.3) is 0 Å². The molecule has 1 saturated heterocycles. The second-order valence-electron chi connectivity index (χ2n) is 5.69. The second-order valence-corrected chi connectivity index (χ2v) is 6.82. The molecule has 0 aromatic carbocycles. The molecule has 1 aromatic rings. The lowest BCUT2D eigenvalue weighted by Crippen LogP contribution is -2.72. The third kappa shape index (κ3) is 6.36. The first-order valence-electron chi connectivity index (χ1n) is 8.67. The quantitative estimate of drug-likeness (QED) is 0.123. The van der Waals surface area contributed by atoms with Crippen LogP contribution in [0.4, 0.5) is 5.13 Å². The highest BCUT2D eigenvalue weighted by Crippen LogP contribution is 2.17. The molecule has 2 unspecified atom stereocenters. The van der Waals surface area contributed by atoms with Crippen LogP contribution in [0.3, 0.4) is 0 Å². The third-order valence-corrected chi connectivity index (χ3v) is 4.60. The fourth-order valence-corrected chi connectivity index (χ4v) is 3.02. The molecule has 1 fully saturated rings. The normalized spacial score (nSPS) is 17.6. The molecule has 13 nitrogen and oxygen atoms in total. The van der Waals surface area contributed by atoms with Crippen LogP contribution in [0.2, 0.25) is 0 Å². The summed E-state index contributed by atoms with van der Waals surface area (Å²) in [7, 11) is 1.20. The number of amides is 3. The Morgan fingerprint density at radius 2 is 2.06 bits per heavy atom. The zero-order valence-corrected chi connectivity index (χ0v) is 17.9. The van der Waals surface area contributed by atoms with Gasteiger partial charge in [0, 0.05) is 5.38 Å². The van der Waals surface area contributed by atoms with Crippen LogP contribution in [0.1, 0.15) is 12.6 Å². The number of nitrogens with zero attached hydrogens (tertiary/aromatic N) is 2. The lowest BCUT2D eigenvalue weighted by molar-refractivity contribution is -0.163. The predicted molar refractivity (Wildman–Crippen MR) is 106 cm³/mol. The Morgan fingerprint density at radius 1 is 1.32 bits per heavy atom. The van der Waals surface area contributed by atoms with Gasteiger partial charge in [-0.2, -0.15) is 0 Å². The highest BCUT2D eigenvalue weighted by molar-refractivity contribution is 7.14. The Labute approximate surface area is 184 Å². The number of hydrogen-bond donors (Lipinski definition) is 3. The number of halogens is 1. The van der Waals surface area contributed by atoms with Gasteiger partial charge in [-0.25, -0.2) is 14.6 Å². The molecule has 0 bridgehead atoms. The fourth-order valence-electron chi connectivity index (χ4n) is 2.25. The number of aromatic nitrogens is 1. The number of carbonyl (C=O) groups excluding carboxylic acids is 5. The van der Waals surface area contributed by atoms with Crippen LogP contribution in [0.15, 0.2) is 10.5 Å². The average Bonchev–Trinajstić information content (AvgIpc) is 3.20. The van der Waals surface area contributed by atoms with Crippen molar-refractivity contribution in [1.29, 1.82) is 0 Å². The summed E-state index contributed by atoms with van der Waals surface area (Å²) in [6.45, 7) is 1.07. The number of anilines is 1. The highest BCUT2D eigenvalue weighted by atomic mass is 35.5. The lowest BCUT2D eigenvalue weighted by Gasteiger charge is -2.34. The molecule has 31 heavy (non-hydrogen) atoms. The van der Waals surface area contributed by atoms with E-state index in [4.69, 9.17) is 16.3 Å². The molecule has 0 aliphatic carbocycles. The van der Waals surface area contributed by atoms with Gasteiger partial charge in [-0.3, -0.25) is 14.4 Å². The van der Waals surface area contributed by atoms with Crippen molar-refractivity contribution >= 4 is 63.4 Å². The van der Waals surface area contributed by atoms with E-state index in [2.05, 4.69) is 35.7 Å². The van der Waals surface area contributed by atoms with E-state index in [1.165, 1.54) is 12.5 Å². The van der Waals surface area contributed by atoms with Gasteiger partial charge in [0.1, 0.15) is 24.7 Å². The van der Waals surface area contributed by atoms with Crippen molar-refractivity contribution in [2.75, 3.05) is 31.5 Å². The maximum atomic E-state index is 12.6. The molecule has 2 heterocycles. The van der Waals surface area contributed by atoms with Crippen molar-refractivity contribution < 1.29 is 38.3 Å². The molecule has 0 radical (unpaired) electrons. The molecule has 2 rings (SSSR count). The molecule has 0 spiro atoms. The van der Waals surface area contributed by atoms with Gasteiger partial charge in [-0.05, 0) is 6.92 Å². The number of esters is 2. The SMILES string of the molecule is CCOC(=O)COC(=O)C1NC(=O)C1NC(=O)/C(=N\OC)c1csc(NC(=O)CCl)n1. The average molecular weight is 476 g/mol. The largest absolute Gasteiger partial charge is 0.463 e. The summed E-state index contributed by atoms with van der Waals surface area (Å²) < 4.78 is 9.40. The van der Waals surface area contributed by atoms with Crippen molar-refractivity contribution in [3.05, 3.63) is 11.1 Å². The molecule has 1 aliphatic rings. The van der Waals surface area contributed by atoms with Crippen LogP contribution < -0.4 is 16.0 Å². The summed E-state index contributed by atoms with van der Waals surface area (Å²) in [5, 5.41) is 12.2. The second kappa shape index (κ2) is 11.2. The van der Waals surface area contributed by atoms with Crippen LogP contribution >= 0.6 is 22.9 Å². The molecular weight excluding hydrogens is 458 g/mol. The summed E-state index contributed by atoms with van der Waals surface area (Å²) in [6, 6.07) is -2.47. The Bertz CT molecular complexity index is 904. The molecule has 2 atom stereocenters. The Morgan fingerprint density at radius 3 is 2.68 bits per heavy atom. The number of carbonyl (C=O) groups is 5. The minimum absolute atomic E-state index is 0.0513. The summed E-state index contributed by atoms with van der Waals surface area (Å²) >= 11 is 6.42. The Balaban J connectivity index is 2.03. The van der Waals surface area contributed by atoms with Crippen LogP contribution in [0, 0.1) is 0 Å². The van der Waals surface area contributed by atoms with Gasteiger partial charge in [0.2, 0.25) is 11.8 Å². The number of ether oxygens (including phenoxy) is 2. The number of hydrogen-bond acceptors (Lipinski definition) is 11.